The zero-order chi connectivity index (χ0) is 20.7. The number of carbonyl (C=O) groups is 1. The van der Waals surface area contributed by atoms with Crippen LogP contribution < -0.4 is 16.4 Å². The maximum atomic E-state index is 12.3. The highest BCUT2D eigenvalue weighted by Crippen LogP contribution is 2.26. The summed E-state index contributed by atoms with van der Waals surface area (Å²) in [6, 6.07) is 5.75. The Labute approximate surface area is 177 Å². The summed E-state index contributed by atoms with van der Waals surface area (Å²) in [4.78, 5) is 28.3. The molecule has 0 aliphatic carbocycles. The Morgan fingerprint density at radius 1 is 1.30 bits per heavy atom. The van der Waals surface area contributed by atoms with Crippen molar-refractivity contribution in [3.8, 4) is 0 Å². The van der Waals surface area contributed by atoms with Gasteiger partial charge < -0.3 is 25.9 Å². The zero-order valence-electron chi connectivity index (χ0n) is 16.2. The number of aromatic amines is 1. The first-order chi connectivity index (χ1) is 14.6. The molecule has 5 N–H and O–H groups in total. The number of anilines is 1. The molecular formula is C20H21ClN8O. The van der Waals surface area contributed by atoms with Gasteiger partial charge in [-0.2, -0.15) is 0 Å². The highest BCUT2D eigenvalue weighted by Gasteiger charge is 2.21. The Hall–Kier alpha value is -3.17. The monoisotopic (exact) mass is 424 g/mol. The lowest BCUT2D eigenvalue weighted by Gasteiger charge is -2.10. The second kappa shape index (κ2) is 7.58. The van der Waals surface area contributed by atoms with Crippen molar-refractivity contribution in [3.63, 3.8) is 0 Å². The Morgan fingerprint density at radius 3 is 3.03 bits per heavy atom. The second-order valence-electron chi connectivity index (χ2n) is 7.49. The summed E-state index contributed by atoms with van der Waals surface area (Å²) in [5.41, 5.74) is 10.0. The molecule has 1 amide bonds. The van der Waals surface area contributed by atoms with Crippen LogP contribution in [-0.2, 0) is 17.9 Å². The van der Waals surface area contributed by atoms with Crippen molar-refractivity contribution in [2.24, 2.45) is 0 Å². The first-order valence-electron chi connectivity index (χ1n) is 9.81. The molecule has 1 atom stereocenters. The lowest BCUT2D eigenvalue weighted by molar-refractivity contribution is -0.122. The van der Waals surface area contributed by atoms with Crippen molar-refractivity contribution < 1.29 is 4.79 Å². The zero-order valence-corrected chi connectivity index (χ0v) is 16.9. The van der Waals surface area contributed by atoms with Gasteiger partial charge in [0.1, 0.15) is 11.8 Å². The van der Waals surface area contributed by atoms with Crippen LogP contribution >= 0.6 is 11.6 Å². The number of amides is 1. The van der Waals surface area contributed by atoms with E-state index < -0.39 is 0 Å². The van der Waals surface area contributed by atoms with Crippen LogP contribution in [0.4, 0.5) is 5.82 Å². The predicted molar refractivity (Wildman–Crippen MR) is 115 cm³/mol. The van der Waals surface area contributed by atoms with Gasteiger partial charge in [0.2, 0.25) is 5.91 Å². The minimum Gasteiger partial charge on any atom is -0.382 e. The van der Waals surface area contributed by atoms with Gasteiger partial charge in [-0.1, -0.05) is 11.6 Å². The van der Waals surface area contributed by atoms with E-state index in [0.717, 1.165) is 41.5 Å². The number of H-pyrrole nitrogens is 1. The van der Waals surface area contributed by atoms with Crippen LogP contribution in [0.2, 0.25) is 5.02 Å². The van der Waals surface area contributed by atoms with Crippen LogP contribution in [0.25, 0.3) is 22.1 Å². The molecule has 0 radical (unpaired) electrons. The predicted octanol–water partition coefficient (Wildman–Crippen LogP) is 1.96. The number of nitrogens with zero attached hydrogens (tertiary/aromatic N) is 4. The van der Waals surface area contributed by atoms with Crippen LogP contribution in [0.1, 0.15) is 24.1 Å². The van der Waals surface area contributed by atoms with E-state index >= 15 is 0 Å². The molecule has 0 unspecified atom stereocenters. The number of halogens is 1. The maximum Gasteiger partial charge on any atom is 0.237 e. The first kappa shape index (κ1) is 18.8. The van der Waals surface area contributed by atoms with Crippen LogP contribution in [0.15, 0.2) is 30.9 Å². The number of imidazole rings is 1. The summed E-state index contributed by atoms with van der Waals surface area (Å²) >= 11 is 6.37. The van der Waals surface area contributed by atoms with Crippen molar-refractivity contribution in [2.75, 3.05) is 12.3 Å². The minimum absolute atomic E-state index is 0.0339. The van der Waals surface area contributed by atoms with Crippen LogP contribution in [-0.4, -0.2) is 43.0 Å². The van der Waals surface area contributed by atoms with Gasteiger partial charge >= 0.3 is 0 Å². The fourth-order valence-electron chi connectivity index (χ4n) is 3.97. The van der Waals surface area contributed by atoms with Gasteiger partial charge in [0.05, 0.1) is 31.0 Å². The lowest BCUT2D eigenvalue weighted by atomic mass is 10.1. The Kier molecular flexibility index (Phi) is 4.76. The molecule has 154 valence electrons. The molecule has 1 saturated heterocycles. The average molecular weight is 425 g/mol. The topological polar surface area (TPSA) is 127 Å². The summed E-state index contributed by atoms with van der Waals surface area (Å²) in [7, 11) is 0. The summed E-state index contributed by atoms with van der Waals surface area (Å²) in [6.07, 6.45) is 5.04. The molecule has 4 heterocycles. The molecule has 9 nitrogen and oxygen atoms in total. The third kappa shape index (κ3) is 3.46. The SMILES string of the molecule is Nc1ncnc2c1ncn2Cc1cc(Cl)cc2cc(CNC(=O)[C@H]3CCCN3)[nH]c12. The van der Waals surface area contributed by atoms with Crippen molar-refractivity contribution in [3.05, 3.63) is 47.1 Å². The highest BCUT2D eigenvalue weighted by molar-refractivity contribution is 6.31. The maximum absolute atomic E-state index is 12.3. The summed E-state index contributed by atoms with van der Waals surface area (Å²) < 4.78 is 1.91. The molecule has 1 fully saturated rings. The minimum atomic E-state index is -0.0941. The van der Waals surface area contributed by atoms with E-state index in [4.69, 9.17) is 17.3 Å². The highest BCUT2D eigenvalue weighted by atomic mass is 35.5. The van der Waals surface area contributed by atoms with E-state index in [9.17, 15) is 4.79 Å². The first-order valence-corrected chi connectivity index (χ1v) is 10.2. The average Bonchev–Trinajstić information content (AvgIpc) is 3.46. The number of nitrogen functional groups attached to an aromatic ring is 1. The number of benzene rings is 1. The second-order valence-corrected chi connectivity index (χ2v) is 7.93. The van der Waals surface area contributed by atoms with Gasteiger partial charge in [-0.05, 0) is 43.1 Å². The van der Waals surface area contributed by atoms with Gasteiger partial charge in [-0.15, -0.1) is 0 Å². The molecule has 1 aromatic carbocycles. The Balaban J connectivity index is 1.42. The van der Waals surface area contributed by atoms with Crippen molar-refractivity contribution in [1.29, 1.82) is 0 Å². The van der Waals surface area contributed by atoms with E-state index in [0.29, 0.717) is 35.1 Å². The quantitative estimate of drug-likeness (QED) is 0.388. The van der Waals surface area contributed by atoms with Crippen LogP contribution in [0, 0.1) is 0 Å². The number of hydrogen-bond donors (Lipinski definition) is 4. The molecule has 4 aromatic rings. The van der Waals surface area contributed by atoms with Gasteiger partial charge in [0, 0.05) is 16.1 Å². The van der Waals surface area contributed by atoms with Crippen molar-refractivity contribution in [2.45, 2.75) is 32.0 Å². The molecule has 1 aliphatic heterocycles. The largest absolute Gasteiger partial charge is 0.382 e. The van der Waals surface area contributed by atoms with E-state index in [1.807, 2.05) is 22.8 Å². The van der Waals surface area contributed by atoms with Crippen molar-refractivity contribution in [1.82, 2.24) is 35.1 Å². The standard InChI is InChI=1S/C20H21ClN8O/c21-13-4-11-6-14(7-24-20(30)15-2-1-3-23-15)28-16(11)12(5-13)8-29-10-27-17-18(22)25-9-26-19(17)29/h4-6,9-10,15,23,28H,1-3,7-8H2,(H,24,30)(H2,22,25,26)/t15-/m1/s1. The van der Waals surface area contributed by atoms with Gasteiger partial charge in [-0.25, -0.2) is 15.0 Å². The smallest absolute Gasteiger partial charge is 0.237 e. The number of aromatic nitrogens is 5. The Morgan fingerprint density at radius 2 is 2.20 bits per heavy atom. The summed E-state index contributed by atoms with van der Waals surface area (Å²) in [5.74, 6) is 0.385. The molecular weight excluding hydrogens is 404 g/mol. The van der Waals surface area contributed by atoms with Crippen LogP contribution in [0.5, 0.6) is 0 Å². The van der Waals surface area contributed by atoms with Gasteiger partial charge in [-0.3, -0.25) is 4.79 Å². The third-order valence-corrected chi connectivity index (χ3v) is 5.65. The molecule has 5 rings (SSSR count). The summed E-state index contributed by atoms with van der Waals surface area (Å²) in [5, 5.41) is 7.84. The number of rotatable bonds is 5. The van der Waals surface area contributed by atoms with Gasteiger partial charge in [0.25, 0.3) is 0 Å². The molecule has 3 aromatic heterocycles. The van der Waals surface area contributed by atoms with Crippen LogP contribution in [0.3, 0.4) is 0 Å². The third-order valence-electron chi connectivity index (χ3n) is 5.43. The number of carbonyl (C=O) groups excluding carboxylic acids is 1. The van der Waals surface area contributed by atoms with E-state index in [1.165, 1.54) is 6.33 Å². The fourth-order valence-corrected chi connectivity index (χ4v) is 4.22. The molecule has 0 bridgehead atoms. The lowest BCUT2D eigenvalue weighted by Crippen LogP contribution is -2.40. The number of nitrogens with one attached hydrogen (secondary N) is 3. The normalized spacial score (nSPS) is 16.5. The van der Waals surface area contributed by atoms with E-state index in [-0.39, 0.29) is 11.9 Å². The molecule has 10 heteroatoms. The molecule has 1 aliphatic rings. The van der Waals surface area contributed by atoms with E-state index in [1.54, 1.807) is 6.33 Å². The number of fused-ring (bicyclic) bond motifs is 2. The summed E-state index contributed by atoms with van der Waals surface area (Å²) in [6.45, 7) is 1.84. The van der Waals surface area contributed by atoms with Crippen molar-refractivity contribution >= 4 is 45.4 Å². The Bertz CT molecular complexity index is 1240. The van der Waals surface area contributed by atoms with Gasteiger partial charge in [0.15, 0.2) is 11.5 Å². The van der Waals surface area contributed by atoms with E-state index in [2.05, 4.69) is 30.6 Å². The number of nitrogens with two attached hydrogens (primary N) is 1. The molecule has 30 heavy (non-hydrogen) atoms. The fraction of sp³-hybridized carbons (Fsp3) is 0.300. The molecule has 0 spiro atoms. The molecule has 0 saturated carbocycles. The number of hydrogen-bond acceptors (Lipinski definition) is 6.